The summed E-state index contributed by atoms with van der Waals surface area (Å²) in [6.07, 6.45) is 1.14. The van der Waals surface area contributed by atoms with Crippen LogP contribution in [0.25, 0.3) is 0 Å². The molecule has 0 aromatic rings. The smallest absolute Gasteiger partial charge is 0.465 e. The summed E-state index contributed by atoms with van der Waals surface area (Å²) in [6.45, 7) is 9.52. The normalized spacial score (nSPS) is 29.1. The van der Waals surface area contributed by atoms with E-state index in [0.717, 1.165) is 12.8 Å². The number of rotatable bonds is 1. The zero-order chi connectivity index (χ0) is 14.8. The maximum absolute atomic E-state index is 10.8. The van der Waals surface area contributed by atoms with Gasteiger partial charge in [0.2, 0.25) is 0 Å². The summed E-state index contributed by atoms with van der Waals surface area (Å²) in [5, 5.41) is 8.87. The molecule has 1 aliphatic carbocycles. The van der Waals surface area contributed by atoms with Crippen molar-refractivity contribution in [1.82, 2.24) is 4.90 Å². The number of carbonyl (C=O) groups is 1. The Bertz CT molecular complexity index is 454. The molecule has 1 saturated carbocycles. The average Bonchev–Trinajstić information content (AvgIpc) is 2.36. The van der Waals surface area contributed by atoms with Crippen LogP contribution in [0.15, 0.2) is 11.5 Å². The van der Waals surface area contributed by atoms with E-state index in [4.69, 9.17) is 14.4 Å². The van der Waals surface area contributed by atoms with Crippen molar-refractivity contribution in [3.8, 4) is 0 Å². The summed E-state index contributed by atoms with van der Waals surface area (Å²) in [5.41, 5.74) is 0.932. The molecule has 1 spiro atoms. The molecule has 20 heavy (non-hydrogen) atoms. The number of carboxylic acid groups (broad SMARTS) is 1. The van der Waals surface area contributed by atoms with Gasteiger partial charge in [-0.05, 0) is 40.5 Å². The van der Waals surface area contributed by atoms with Crippen LogP contribution < -0.4 is 0 Å². The minimum Gasteiger partial charge on any atom is -0.465 e. The number of amides is 1. The second kappa shape index (κ2) is 4.01. The quantitative estimate of drug-likeness (QED) is 0.748. The minimum absolute atomic E-state index is 0.202. The molecule has 0 aromatic carbocycles. The lowest BCUT2D eigenvalue weighted by atomic mass is 9.59. The summed E-state index contributed by atoms with van der Waals surface area (Å²) in [4.78, 5) is 12.3. The van der Waals surface area contributed by atoms with E-state index in [1.165, 1.54) is 10.5 Å². The SMILES string of the molecule is CC1(C)OB(C=C2CC3(C2)CN(C(=O)O)C3)OC1(C)C. The molecule has 0 aromatic heterocycles. The first kappa shape index (κ1) is 14.0. The van der Waals surface area contributed by atoms with Gasteiger partial charge in [0.15, 0.2) is 0 Å². The fraction of sp³-hybridized carbons (Fsp3) is 0.786. The highest BCUT2D eigenvalue weighted by molar-refractivity contribution is 6.51. The van der Waals surface area contributed by atoms with Gasteiger partial charge in [-0.2, -0.15) is 0 Å². The Morgan fingerprint density at radius 1 is 1.20 bits per heavy atom. The highest BCUT2D eigenvalue weighted by atomic mass is 16.7. The van der Waals surface area contributed by atoms with Crippen LogP contribution in [0.4, 0.5) is 4.79 Å². The van der Waals surface area contributed by atoms with E-state index in [1.807, 2.05) is 27.7 Å². The molecule has 0 unspecified atom stereocenters. The van der Waals surface area contributed by atoms with E-state index in [-0.39, 0.29) is 23.7 Å². The van der Waals surface area contributed by atoms with Crippen LogP contribution in [-0.4, -0.2) is 47.5 Å². The third-order valence-corrected chi connectivity index (χ3v) is 5.17. The Kier molecular flexibility index (Phi) is 2.80. The molecule has 6 heteroatoms. The molecule has 0 bridgehead atoms. The van der Waals surface area contributed by atoms with Crippen molar-refractivity contribution in [2.24, 2.45) is 5.41 Å². The van der Waals surface area contributed by atoms with Gasteiger partial charge in [-0.1, -0.05) is 11.5 Å². The number of hydrogen-bond acceptors (Lipinski definition) is 3. The molecule has 110 valence electrons. The van der Waals surface area contributed by atoms with E-state index in [2.05, 4.69) is 5.98 Å². The monoisotopic (exact) mass is 279 g/mol. The van der Waals surface area contributed by atoms with Gasteiger partial charge in [0, 0.05) is 18.5 Å². The molecule has 3 rings (SSSR count). The molecular weight excluding hydrogens is 257 g/mol. The molecule has 0 radical (unpaired) electrons. The topological polar surface area (TPSA) is 59.0 Å². The molecule has 1 amide bonds. The van der Waals surface area contributed by atoms with Crippen LogP contribution in [0.2, 0.25) is 0 Å². The zero-order valence-electron chi connectivity index (χ0n) is 12.6. The first-order valence-electron chi connectivity index (χ1n) is 7.16. The lowest BCUT2D eigenvalue weighted by Crippen LogP contribution is -2.61. The van der Waals surface area contributed by atoms with Crippen LogP contribution in [0, 0.1) is 5.41 Å². The van der Waals surface area contributed by atoms with E-state index < -0.39 is 6.09 Å². The van der Waals surface area contributed by atoms with Gasteiger partial charge in [-0.25, -0.2) is 4.79 Å². The van der Waals surface area contributed by atoms with Crippen LogP contribution >= 0.6 is 0 Å². The van der Waals surface area contributed by atoms with Gasteiger partial charge in [-0.3, -0.25) is 0 Å². The molecule has 0 atom stereocenters. The van der Waals surface area contributed by atoms with E-state index in [1.54, 1.807) is 0 Å². The lowest BCUT2D eigenvalue weighted by molar-refractivity contribution is -0.0168. The van der Waals surface area contributed by atoms with Crippen LogP contribution in [0.5, 0.6) is 0 Å². The Balaban J connectivity index is 1.55. The predicted molar refractivity (Wildman–Crippen MR) is 75.4 cm³/mol. The van der Waals surface area contributed by atoms with Crippen molar-refractivity contribution in [3.63, 3.8) is 0 Å². The van der Waals surface area contributed by atoms with Crippen molar-refractivity contribution in [1.29, 1.82) is 0 Å². The van der Waals surface area contributed by atoms with Crippen LogP contribution in [0.1, 0.15) is 40.5 Å². The standard InChI is InChI=1S/C14H22BNO4/c1-12(2)13(3,4)20-15(19-12)7-10-5-14(6-10)8-16(9-14)11(17)18/h7H,5-6,8-9H2,1-4H3,(H,17,18). The van der Waals surface area contributed by atoms with Gasteiger partial charge in [0.1, 0.15) is 0 Å². The van der Waals surface area contributed by atoms with Gasteiger partial charge in [0.05, 0.1) is 11.2 Å². The van der Waals surface area contributed by atoms with Crippen LogP contribution in [0.3, 0.4) is 0 Å². The number of likely N-dealkylation sites (tertiary alicyclic amines) is 1. The fourth-order valence-electron chi connectivity index (χ4n) is 3.30. The minimum atomic E-state index is -0.806. The molecule has 2 heterocycles. The van der Waals surface area contributed by atoms with Gasteiger partial charge in [0.25, 0.3) is 0 Å². The average molecular weight is 279 g/mol. The molecule has 3 aliphatic rings. The van der Waals surface area contributed by atoms with E-state index in [9.17, 15) is 4.79 Å². The summed E-state index contributed by atoms with van der Waals surface area (Å²) < 4.78 is 11.9. The number of hydrogen-bond donors (Lipinski definition) is 1. The molecule has 1 N–H and O–H groups in total. The van der Waals surface area contributed by atoms with Crippen molar-refractivity contribution in [2.45, 2.75) is 51.7 Å². The Hall–Kier alpha value is -1.01. The molecular formula is C14H22BNO4. The Labute approximate surface area is 120 Å². The first-order valence-corrected chi connectivity index (χ1v) is 7.16. The second-order valence-corrected chi connectivity index (χ2v) is 7.44. The number of allylic oxidation sites excluding steroid dienone is 1. The summed E-state index contributed by atoms with van der Waals surface area (Å²) in [7, 11) is -0.275. The summed E-state index contributed by atoms with van der Waals surface area (Å²) in [5.74, 6) is 2.07. The Morgan fingerprint density at radius 2 is 1.70 bits per heavy atom. The third kappa shape index (κ3) is 2.06. The molecule has 2 saturated heterocycles. The highest BCUT2D eigenvalue weighted by Crippen LogP contribution is 2.52. The molecule has 2 aliphatic heterocycles. The van der Waals surface area contributed by atoms with Crippen molar-refractivity contribution in [2.75, 3.05) is 13.1 Å². The maximum atomic E-state index is 10.8. The third-order valence-electron chi connectivity index (χ3n) is 5.17. The van der Waals surface area contributed by atoms with Crippen molar-refractivity contribution >= 4 is 13.2 Å². The maximum Gasteiger partial charge on any atom is 0.487 e. The summed E-state index contributed by atoms with van der Waals surface area (Å²) >= 11 is 0. The largest absolute Gasteiger partial charge is 0.487 e. The van der Waals surface area contributed by atoms with Gasteiger partial charge >= 0.3 is 13.2 Å². The van der Waals surface area contributed by atoms with E-state index in [0.29, 0.717) is 13.1 Å². The van der Waals surface area contributed by atoms with Gasteiger partial charge in [-0.15, -0.1) is 0 Å². The fourth-order valence-corrected chi connectivity index (χ4v) is 3.30. The summed E-state index contributed by atoms with van der Waals surface area (Å²) in [6, 6.07) is 0. The molecule has 3 fully saturated rings. The Morgan fingerprint density at radius 3 is 2.15 bits per heavy atom. The van der Waals surface area contributed by atoms with Gasteiger partial charge < -0.3 is 19.3 Å². The highest BCUT2D eigenvalue weighted by Gasteiger charge is 2.54. The zero-order valence-corrected chi connectivity index (χ0v) is 12.6. The lowest BCUT2D eigenvalue weighted by Gasteiger charge is -2.56. The van der Waals surface area contributed by atoms with E-state index >= 15 is 0 Å². The second-order valence-electron chi connectivity index (χ2n) is 7.44. The predicted octanol–water partition coefficient (Wildman–Crippen LogP) is 2.32. The van der Waals surface area contributed by atoms with Crippen molar-refractivity contribution < 1.29 is 19.2 Å². The van der Waals surface area contributed by atoms with Crippen LogP contribution in [-0.2, 0) is 9.31 Å². The first-order chi connectivity index (χ1) is 9.13. The molecule has 5 nitrogen and oxygen atoms in total. The number of nitrogens with zero attached hydrogens (tertiary/aromatic N) is 1. The van der Waals surface area contributed by atoms with Crippen molar-refractivity contribution in [3.05, 3.63) is 11.5 Å².